The van der Waals surface area contributed by atoms with Crippen LogP contribution in [-0.2, 0) is 6.54 Å². The van der Waals surface area contributed by atoms with Crippen LogP contribution in [0.4, 0.5) is 11.5 Å². The van der Waals surface area contributed by atoms with E-state index < -0.39 is 0 Å². The molecule has 8 heteroatoms. The Morgan fingerprint density at radius 1 is 0.938 bits per heavy atom. The number of benzene rings is 2. The van der Waals surface area contributed by atoms with Crippen LogP contribution in [0.1, 0.15) is 15.9 Å². The van der Waals surface area contributed by atoms with Gasteiger partial charge in [-0.15, -0.1) is 0 Å². The SMILES string of the molecule is O=C(Nc1cccc(CNc2cc(-c3ccccc3)nc3ncnn23)c1)c1ccncc1. The lowest BCUT2D eigenvalue weighted by atomic mass is 10.1. The molecule has 0 unspecified atom stereocenters. The maximum absolute atomic E-state index is 12.4. The predicted octanol–water partition coefficient (Wildman–Crippen LogP) is 4.05. The third kappa shape index (κ3) is 4.15. The Kier molecular flexibility index (Phi) is 5.24. The number of rotatable bonds is 6. The molecule has 0 spiro atoms. The maximum atomic E-state index is 12.4. The fourth-order valence-corrected chi connectivity index (χ4v) is 3.35. The third-order valence-corrected chi connectivity index (χ3v) is 4.92. The fourth-order valence-electron chi connectivity index (χ4n) is 3.35. The molecule has 2 aromatic carbocycles. The van der Waals surface area contributed by atoms with Gasteiger partial charge in [0.15, 0.2) is 0 Å². The van der Waals surface area contributed by atoms with Crippen molar-refractivity contribution in [2.45, 2.75) is 6.54 Å². The van der Waals surface area contributed by atoms with E-state index in [1.54, 1.807) is 29.0 Å². The molecule has 1 amide bonds. The number of amides is 1. The number of fused-ring (bicyclic) bond motifs is 1. The second-order valence-corrected chi connectivity index (χ2v) is 7.11. The summed E-state index contributed by atoms with van der Waals surface area (Å²) in [4.78, 5) is 25.2. The fraction of sp³-hybridized carbons (Fsp3) is 0.0417. The van der Waals surface area contributed by atoms with Crippen molar-refractivity contribution in [1.82, 2.24) is 24.6 Å². The van der Waals surface area contributed by atoms with E-state index in [2.05, 4.69) is 30.7 Å². The van der Waals surface area contributed by atoms with Crippen molar-refractivity contribution in [3.63, 3.8) is 0 Å². The Bertz CT molecular complexity index is 1370. The number of aromatic nitrogens is 5. The van der Waals surface area contributed by atoms with Gasteiger partial charge >= 0.3 is 0 Å². The number of nitrogens with zero attached hydrogens (tertiary/aromatic N) is 5. The molecule has 0 aliphatic rings. The van der Waals surface area contributed by atoms with E-state index in [1.807, 2.05) is 60.7 Å². The van der Waals surface area contributed by atoms with Gasteiger partial charge in [0, 0.05) is 41.8 Å². The second kappa shape index (κ2) is 8.65. The average Bonchev–Trinajstić information content (AvgIpc) is 3.33. The Morgan fingerprint density at radius 3 is 2.62 bits per heavy atom. The number of carbonyl (C=O) groups excluding carboxylic acids is 1. The zero-order valence-electron chi connectivity index (χ0n) is 17.0. The first-order chi connectivity index (χ1) is 15.8. The number of carbonyl (C=O) groups is 1. The average molecular weight is 421 g/mol. The maximum Gasteiger partial charge on any atom is 0.255 e. The zero-order chi connectivity index (χ0) is 21.8. The number of anilines is 2. The lowest BCUT2D eigenvalue weighted by Gasteiger charge is -2.11. The molecule has 0 radical (unpaired) electrons. The van der Waals surface area contributed by atoms with Gasteiger partial charge in [-0.25, -0.2) is 4.98 Å². The van der Waals surface area contributed by atoms with Crippen LogP contribution in [0.2, 0.25) is 0 Å². The first-order valence-corrected chi connectivity index (χ1v) is 10.1. The molecule has 0 aliphatic carbocycles. The molecule has 5 aromatic rings. The smallest absolute Gasteiger partial charge is 0.255 e. The number of nitrogens with one attached hydrogen (secondary N) is 2. The summed E-state index contributed by atoms with van der Waals surface area (Å²) in [5.74, 6) is 1.12. The van der Waals surface area contributed by atoms with Crippen molar-refractivity contribution in [1.29, 1.82) is 0 Å². The van der Waals surface area contributed by atoms with Gasteiger partial charge in [-0.05, 0) is 29.8 Å². The predicted molar refractivity (Wildman–Crippen MR) is 122 cm³/mol. The molecule has 8 nitrogen and oxygen atoms in total. The minimum Gasteiger partial charge on any atom is -0.366 e. The summed E-state index contributed by atoms with van der Waals surface area (Å²) in [5.41, 5.74) is 4.09. The highest BCUT2D eigenvalue weighted by Crippen LogP contribution is 2.22. The minimum atomic E-state index is -0.177. The summed E-state index contributed by atoms with van der Waals surface area (Å²) in [7, 11) is 0. The van der Waals surface area contributed by atoms with Gasteiger partial charge in [-0.1, -0.05) is 42.5 Å². The molecule has 0 saturated carbocycles. The molecule has 0 atom stereocenters. The first-order valence-electron chi connectivity index (χ1n) is 10.1. The van der Waals surface area contributed by atoms with Crippen molar-refractivity contribution >= 4 is 23.2 Å². The van der Waals surface area contributed by atoms with E-state index in [9.17, 15) is 4.79 Å². The lowest BCUT2D eigenvalue weighted by Crippen LogP contribution is -2.12. The van der Waals surface area contributed by atoms with E-state index in [1.165, 1.54) is 6.33 Å². The lowest BCUT2D eigenvalue weighted by molar-refractivity contribution is 0.102. The summed E-state index contributed by atoms with van der Waals surface area (Å²) in [6, 6.07) is 22.9. The van der Waals surface area contributed by atoms with Gasteiger partial charge < -0.3 is 10.6 Å². The Hall–Kier alpha value is -4.59. The van der Waals surface area contributed by atoms with Crippen molar-refractivity contribution in [2.75, 3.05) is 10.6 Å². The number of hydrogen-bond donors (Lipinski definition) is 2. The van der Waals surface area contributed by atoms with Crippen LogP contribution in [-0.4, -0.2) is 30.5 Å². The molecule has 0 bridgehead atoms. The van der Waals surface area contributed by atoms with E-state index >= 15 is 0 Å². The second-order valence-electron chi connectivity index (χ2n) is 7.11. The highest BCUT2D eigenvalue weighted by Gasteiger charge is 2.10. The molecule has 0 fully saturated rings. The standard InChI is InChI=1S/C24H19N7O/c32-23(19-9-11-25-12-10-19)29-20-8-4-5-17(13-20)15-26-22-14-21(18-6-2-1-3-7-18)30-24-27-16-28-31(22)24/h1-14,16,26H,15H2,(H,29,32). The van der Waals surface area contributed by atoms with Gasteiger partial charge in [0.2, 0.25) is 0 Å². The van der Waals surface area contributed by atoms with Crippen LogP contribution >= 0.6 is 0 Å². The topological polar surface area (TPSA) is 97.1 Å². The van der Waals surface area contributed by atoms with Crippen LogP contribution in [0.15, 0.2) is 91.5 Å². The van der Waals surface area contributed by atoms with E-state index in [-0.39, 0.29) is 5.91 Å². The molecule has 3 heterocycles. The third-order valence-electron chi connectivity index (χ3n) is 4.92. The van der Waals surface area contributed by atoms with Crippen LogP contribution in [0.25, 0.3) is 17.0 Å². The van der Waals surface area contributed by atoms with Crippen molar-refractivity contribution < 1.29 is 4.79 Å². The monoisotopic (exact) mass is 421 g/mol. The highest BCUT2D eigenvalue weighted by molar-refractivity contribution is 6.04. The van der Waals surface area contributed by atoms with Crippen LogP contribution < -0.4 is 10.6 Å². The molecule has 0 saturated heterocycles. The summed E-state index contributed by atoms with van der Waals surface area (Å²) in [5, 5.41) is 10.6. The van der Waals surface area contributed by atoms with E-state index in [0.717, 1.165) is 28.3 Å². The summed E-state index contributed by atoms with van der Waals surface area (Å²) < 4.78 is 1.67. The Morgan fingerprint density at radius 2 is 1.78 bits per heavy atom. The van der Waals surface area contributed by atoms with Crippen molar-refractivity contribution in [3.05, 3.63) is 103 Å². The quantitative estimate of drug-likeness (QED) is 0.429. The minimum absolute atomic E-state index is 0.177. The summed E-state index contributed by atoms with van der Waals surface area (Å²) in [6.07, 6.45) is 4.68. The van der Waals surface area contributed by atoms with E-state index in [4.69, 9.17) is 0 Å². The Balaban J connectivity index is 1.35. The van der Waals surface area contributed by atoms with Crippen LogP contribution in [0.3, 0.4) is 0 Å². The number of hydrogen-bond acceptors (Lipinski definition) is 6. The van der Waals surface area contributed by atoms with E-state index in [0.29, 0.717) is 17.9 Å². The van der Waals surface area contributed by atoms with Gasteiger partial charge in [0.25, 0.3) is 11.7 Å². The highest BCUT2D eigenvalue weighted by atomic mass is 16.1. The van der Waals surface area contributed by atoms with Gasteiger partial charge in [0.05, 0.1) is 5.69 Å². The normalized spacial score (nSPS) is 10.8. The molecule has 2 N–H and O–H groups in total. The molecule has 3 aromatic heterocycles. The summed E-state index contributed by atoms with van der Waals surface area (Å²) >= 11 is 0. The van der Waals surface area contributed by atoms with Gasteiger partial charge in [-0.3, -0.25) is 9.78 Å². The van der Waals surface area contributed by atoms with Crippen molar-refractivity contribution in [3.8, 4) is 11.3 Å². The number of pyridine rings is 1. The summed E-state index contributed by atoms with van der Waals surface area (Å²) in [6.45, 7) is 0.534. The molecule has 5 rings (SSSR count). The van der Waals surface area contributed by atoms with Crippen molar-refractivity contribution in [2.24, 2.45) is 0 Å². The Labute approximate surface area is 184 Å². The first kappa shape index (κ1) is 19.4. The molecular formula is C24H19N7O. The van der Waals surface area contributed by atoms with Gasteiger partial charge in [0.1, 0.15) is 12.1 Å². The zero-order valence-corrected chi connectivity index (χ0v) is 17.0. The molecule has 32 heavy (non-hydrogen) atoms. The molecule has 0 aliphatic heterocycles. The van der Waals surface area contributed by atoms with Gasteiger partial charge in [-0.2, -0.15) is 14.6 Å². The molecular weight excluding hydrogens is 402 g/mol. The van der Waals surface area contributed by atoms with Crippen LogP contribution in [0.5, 0.6) is 0 Å². The largest absolute Gasteiger partial charge is 0.366 e. The molecule has 156 valence electrons. The van der Waals surface area contributed by atoms with Crippen LogP contribution in [0, 0.1) is 0 Å².